The molecule has 0 spiro atoms. The monoisotopic (exact) mass is 301 g/mol. The van der Waals surface area contributed by atoms with Crippen molar-refractivity contribution in [1.29, 1.82) is 0 Å². The molecule has 118 valence electrons. The van der Waals surface area contributed by atoms with Gasteiger partial charge in [-0.1, -0.05) is 0 Å². The molecule has 1 aliphatic rings. The van der Waals surface area contributed by atoms with Crippen molar-refractivity contribution < 1.29 is 18.3 Å². The van der Waals surface area contributed by atoms with Gasteiger partial charge in [0.05, 0.1) is 23.5 Å². The highest BCUT2D eigenvalue weighted by Crippen LogP contribution is 2.27. The SMILES string of the molecule is Cn1ncc(C(=O)NCC2CCCC(C)(C)O2)c1C(F)F. The maximum Gasteiger partial charge on any atom is 0.280 e. The quantitative estimate of drug-likeness (QED) is 0.929. The van der Waals surface area contributed by atoms with Crippen LogP contribution in [0.15, 0.2) is 6.20 Å². The number of carbonyl (C=O) groups is 1. The molecular formula is C14H21F2N3O2. The number of halogens is 2. The fraction of sp³-hybridized carbons (Fsp3) is 0.714. The van der Waals surface area contributed by atoms with Crippen molar-refractivity contribution in [3.8, 4) is 0 Å². The molecule has 5 nitrogen and oxygen atoms in total. The van der Waals surface area contributed by atoms with Crippen molar-refractivity contribution in [2.45, 2.75) is 51.2 Å². The van der Waals surface area contributed by atoms with Crippen molar-refractivity contribution in [3.63, 3.8) is 0 Å². The summed E-state index contributed by atoms with van der Waals surface area (Å²) < 4.78 is 32.7. The van der Waals surface area contributed by atoms with Gasteiger partial charge in [-0.2, -0.15) is 5.10 Å². The molecule has 2 rings (SSSR count). The summed E-state index contributed by atoms with van der Waals surface area (Å²) in [5.41, 5.74) is -0.643. The summed E-state index contributed by atoms with van der Waals surface area (Å²) in [5.74, 6) is -0.537. The average molecular weight is 301 g/mol. The van der Waals surface area contributed by atoms with Crippen LogP contribution in [0.5, 0.6) is 0 Å². The van der Waals surface area contributed by atoms with Crippen LogP contribution in [0.4, 0.5) is 8.78 Å². The molecule has 0 aromatic carbocycles. The molecule has 1 aromatic rings. The third-order valence-electron chi connectivity index (χ3n) is 3.72. The molecule has 21 heavy (non-hydrogen) atoms. The summed E-state index contributed by atoms with van der Waals surface area (Å²) in [5, 5.41) is 6.39. The summed E-state index contributed by atoms with van der Waals surface area (Å²) in [7, 11) is 1.39. The Hall–Kier alpha value is -1.50. The lowest BCUT2D eigenvalue weighted by Gasteiger charge is -2.36. The van der Waals surface area contributed by atoms with Crippen LogP contribution in [-0.4, -0.2) is 33.9 Å². The van der Waals surface area contributed by atoms with Crippen LogP contribution in [-0.2, 0) is 11.8 Å². The first-order valence-corrected chi connectivity index (χ1v) is 7.06. The standard InChI is InChI=1S/C14H21F2N3O2/c1-14(2)6-4-5-9(21-14)7-17-13(20)10-8-18-19(3)11(10)12(15)16/h8-9,12H,4-7H2,1-3H3,(H,17,20). The lowest BCUT2D eigenvalue weighted by Crippen LogP contribution is -2.42. The van der Waals surface area contributed by atoms with Crippen molar-refractivity contribution in [1.82, 2.24) is 15.1 Å². The first-order chi connectivity index (χ1) is 9.80. The number of amides is 1. The molecule has 7 heteroatoms. The van der Waals surface area contributed by atoms with E-state index < -0.39 is 12.3 Å². The van der Waals surface area contributed by atoms with Crippen LogP contribution in [0.25, 0.3) is 0 Å². The van der Waals surface area contributed by atoms with Crippen molar-refractivity contribution in [2.24, 2.45) is 7.05 Å². The molecule has 1 saturated heterocycles. The van der Waals surface area contributed by atoms with Gasteiger partial charge in [0.25, 0.3) is 12.3 Å². The van der Waals surface area contributed by atoms with E-state index in [2.05, 4.69) is 10.4 Å². The predicted octanol–water partition coefficient (Wildman–Crippen LogP) is 2.44. The number of nitrogens with zero attached hydrogens (tertiary/aromatic N) is 2. The predicted molar refractivity (Wildman–Crippen MR) is 73.3 cm³/mol. The minimum Gasteiger partial charge on any atom is -0.371 e. The third kappa shape index (κ3) is 3.78. The van der Waals surface area contributed by atoms with E-state index in [1.165, 1.54) is 13.2 Å². The Bertz CT molecular complexity index is 514. The summed E-state index contributed by atoms with van der Waals surface area (Å²) in [4.78, 5) is 12.0. The summed E-state index contributed by atoms with van der Waals surface area (Å²) >= 11 is 0. The number of hydrogen-bond acceptors (Lipinski definition) is 3. The lowest BCUT2D eigenvalue weighted by molar-refractivity contribution is -0.104. The van der Waals surface area contributed by atoms with E-state index in [1.54, 1.807) is 0 Å². The van der Waals surface area contributed by atoms with Crippen molar-refractivity contribution in [3.05, 3.63) is 17.5 Å². The molecule has 1 N–H and O–H groups in total. The number of carbonyl (C=O) groups excluding carboxylic acids is 1. The zero-order valence-electron chi connectivity index (χ0n) is 12.5. The molecule has 1 atom stereocenters. The number of alkyl halides is 2. The minimum atomic E-state index is -2.73. The molecule has 0 saturated carbocycles. The molecule has 2 heterocycles. The van der Waals surface area contributed by atoms with Gasteiger partial charge in [0.2, 0.25) is 0 Å². The van der Waals surface area contributed by atoms with E-state index in [1.807, 2.05) is 13.8 Å². The zero-order valence-corrected chi connectivity index (χ0v) is 12.5. The van der Waals surface area contributed by atoms with Gasteiger partial charge in [0.1, 0.15) is 5.69 Å². The van der Waals surface area contributed by atoms with E-state index in [0.717, 1.165) is 23.9 Å². The number of ether oxygens (including phenoxy) is 1. The molecule has 1 aliphatic heterocycles. The molecular weight excluding hydrogens is 280 g/mol. The normalized spacial score (nSPS) is 21.5. The van der Waals surface area contributed by atoms with Crippen LogP contribution in [0, 0.1) is 0 Å². The first-order valence-electron chi connectivity index (χ1n) is 7.06. The van der Waals surface area contributed by atoms with Gasteiger partial charge < -0.3 is 10.1 Å². The van der Waals surface area contributed by atoms with Crippen LogP contribution < -0.4 is 5.32 Å². The van der Waals surface area contributed by atoms with Crippen LogP contribution in [0.3, 0.4) is 0 Å². The Balaban J connectivity index is 1.96. The van der Waals surface area contributed by atoms with Gasteiger partial charge >= 0.3 is 0 Å². The number of aryl methyl sites for hydroxylation is 1. The van der Waals surface area contributed by atoms with E-state index in [-0.39, 0.29) is 23.0 Å². The smallest absolute Gasteiger partial charge is 0.280 e. The minimum absolute atomic E-state index is 0.0793. The molecule has 0 radical (unpaired) electrons. The van der Waals surface area contributed by atoms with Crippen LogP contribution in [0.2, 0.25) is 0 Å². The topological polar surface area (TPSA) is 56.2 Å². The Morgan fingerprint density at radius 1 is 1.62 bits per heavy atom. The van der Waals surface area contributed by atoms with Crippen LogP contribution >= 0.6 is 0 Å². The molecule has 1 fully saturated rings. The van der Waals surface area contributed by atoms with Gasteiger partial charge in [-0.15, -0.1) is 0 Å². The van der Waals surface area contributed by atoms with Gasteiger partial charge in [-0.25, -0.2) is 8.78 Å². The molecule has 1 amide bonds. The summed E-state index contributed by atoms with van der Waals surface area (Å²) in [6.45, 7) is 4.34. The van der Waals surface area contributed by atoms with E-state index in [0.29, 0.717) is 6.54 Å². The lowest BCUT2D eigenvalue weighted by atomic mass is 9.95. The number of nitrogens with one attached hydrogen (secondary N) is 1. The Morgan fingerprint density at radius 3 is 2.95 bits per heavy atom. The summed E-state index contributed by atoms with van der Waals surface area (Å²) in [6, 6.07) is 0. The Kier molecular flexibility index (Phi) is 4.61. The van der Waals surface area contributed by atoms with E-state index in [4.69, 9.17) is 4.74 Å². The van der Waals surface area contributed by atoms with Gasteiger partial charge in [-0.3, -0.25) is 9.48 Å². The highest BCUT2D eigenvalue weighted by molar-refractivity contribution is 5.95. The van der Waals surface area contributed by atoms with Crippen LogP contribution in [0.1, 0.15) is 55.6 Å². The second kappa shape index (κ2) is 6.09. The number of hydrogen-bond donors (Lipinski definition) is 1. The second-order valence-electron chi connectivity index (χ2n) is 5.97. The highest BCUT2D eigenvalue weighted by atomic mass is 19.3. The van der Waals surface area contributed by atoms with Gasteiger partial charge in [0, 0.05) is 13.6 Å². The molecule has 1 unspecified atom stereocenters. The second-order valence-corrected chi connectivity index (χ2v) is 5.97. The van der Waals surface area contributed by atoms with Gasteiger partial charge in [-0.05, 0) is 33.1 Å². The van der Waals surface area contributed by atoms with E-state index in [9.17, 15) is 13.6 Å². The zero-order chi connectivity index (χ0) is 15.6. The van der Waals surface area contributed by atoms with Crippen molar-refractivity contribution in [2.75, 3.05) is 6.54 Å². The fourth-order valence-electron chi connectivity index (χ4n) is 2.65. The third-order valence-corrected chi connectivity index (χ3v) is 3.72. The number of aromatic nitrogens is 2. The molecule has 0 bridgehead atoms. The summed E-state index contributed by atoms with van der Waals surface area (Å²) in [6.07, 6.45) is 1.23. The Labute approximate surface area is 122 Å². The first kappa shape index (κ1) is 15.9. The van der Waals surface area contributed by atoms with Crippen molar-refractivity contribution >= 4 is 5.91 Å². The maximum atomic E-state index is 12.9. The molecule has 1 aromatic heterocycles. The fourth-order valence-corrected chi connectivity index (χ4v) is 2.65. The average Bonchev–Trinajstić information content (AvgIpc) is 2.77. The largest absolute Gasteiger partial charge is 0.371 e. The number of rotatable bonds is 4. The molecule has 0 aliphatic carbocycles. The van der Waals surface area contributed by atoms with Gasteiger partial charge in [0.15, 0.2) is 0 Å². The highest BCUT2D eigenvalue weighted by Gasteiger charge is 2.29. The van der Waals surface area contributed by atoms with E-state index >= 15 is 0 Å². The Morgan fingerprint density at radius 2 is 2.33 bits per heavy atom. The maximum absolute atomic E-state index is 12.9.